The lowest BCUT2D eigenvalue weighted by Gasteiger charge is -2.38. The largest absolute Gasteiger partial charge is 0.464 e. The van der Waals surface area contributed by atoms with Crippen LogP contribution in [0.25, 0.3) is 11.0 Å². The molecule has 0 unspecified atom stereocenters. The summed E-state index contributed by atoms with van der Waals surface area (Å²) < 4.78 is 9.95. The molecule has 4 aliphatic rings. The molecule has 0 radical (unpaired) electrons. The number of nitrogens with zero attached hydrogens (tertiary/aromatic N) is 5. The molecule has 8 heteroatoms. The fourth-order valence-corrected chi connectivity index (χ4v) is 3.64. The number of aromatic nitrogens is 4. The van der Waals surface area contributed by atoms with Crippen molar-refractivity contribution in [3.05, 3.63) is 85.9 Å². The highest BCUT2D eigenvalue weighted by atomic mass is 16.5. The summed E-state index contributed by atoms with van der Waals surface area (Å²) in [6, 6.07) is 13.5. The Morgan fingerprint density at radius 2 is 1.41 bits per heavy atom. The molecule has 0 spiro atoms. The number of para-hydroxylation sites is 1. The van der Waals surface area contributed by atoms with Crippen LogP contribution < -0.4 is 5.32 Å². The summed E-state index contributed by atoms with van der Waals surface area (Å²) in [5, 5.41) is 11.2. The lowest BCUT2D eigenvalue weighted by atomic mass is 9.89. The van der Waals surface area contributed by atoms with Crippen LogP contribution in [0.2, 0.25) is 0 Å². The molecule has 1 aromatic carbocycles. The molecule has 0 atom stereocenters. The van der Waals surface area contributed by atoms with E-state index < -0.39 is 0 Å². The van der Waals surface area contributed by atoms with E-state index in [2.05, 4.69) is 30.4 Å². The van der Waals surface area contributed by atoms with Crippen LogP contribution in [0, 0.1) is 5.92 Å². The van der Waals surface area contributed by atoms with Gasteiger partial charge in [0.2, 0.25) is 0 Å². The van der Waals surface area contributed by atoms with Gasteiger partial charge in [-0.1, -0.05) is 18.2 Å². The van der Waals surface area contributed by atoms with E-state index in [9.17, 15) is 0 Å². The summed E-state index contributed by atoms with van der Waals surface area (Å²) >= 11 is 0. The Balaban J connectivity index is 0.000000121. The molecular formula is C26H34N6O2. The highest BCUT2D eigenvalue weighted by Crippen LogP contribution is 2.26. The Morgan fingerprint density at radius 1 is 0.765 bits per heavy atom. The molecule has 0 amide bonds. The van der Waals surface area contributed by atoms with Crippen LogP contribution in [-0.2, 0) is 4.74 Å². The van der Waals surface area contributed by atoms with E-state index in [1.165, 1.54) is 38.9 Å². The molecule has 7 heterocycles. The van der Waals surface area contributed by atoms with E-state index >= 15 is 0 Å². The van der Waals surface area contributed by atoms with Crippen molar-refractivity contribution in [2.24, 2.45) is 5.92 Å². The number of furan rings is 1. The Labute approximate surface area is 201 Å². The molecular weight excluding hydrogens is 428 g/mol. The number of benzene rings is 1. The maximum Gasteiger partial charge on any atom is 0.133 e. The van der Waals surface area contributed by atoms with Crippen molar-refractivity contribution in [2.45, 2.75) is 19.3 Å². The molecule has 0 aliphatic carbocycles. The van der Waals surface area contributed by atoms with Crippen molar-refractivity contribution >= 4 is 11.0 Å². The highest BCUT2D eigenvalue weighted by molar-refractivity contribution is 5.76. The summed E-state index contributed by atoms with van der Waals surface area (Å²) in [5.41, 5.74) is 0.956. The average molecular weight is 463 g/mol. The summed E-state index contributed by atoms with van der Waals surface area (Å²) in [4.78, 5) is 10.0. The van der Waals surface area contributed by atoms with Gasteiger partial charge < -0.3 is 14.1 Å². The van der Waals surface area contributed by atoms with E-state index in [-0.39, 0.29) is 0 Å². The van der Waals surface area contributed by atoms with E-state index in [1.54, 1.807) is 43.4 Å². The number of hydrogen-bond acceptors (Lipinski definition) is 8. The molecule has 0 saturated carbocycles. The van der Waals surface area contributed by atoms with Crippen LogP contribution in [0.3, 0.4) is 0 Å². The second-order valence-electron chi connectivity index (χ2n) is 7.89. The number of piperidine rings is 3. The van der Waals surface area contributed by atoms with E-state index in [0.29, 0.717) is 0 Å². The first-order chi connectivity index (χ1) is 16.9. The van der Waals surface area contributed by atoms with Gasteiger partial charge in [0, 0.05) is 49.1 Å². The molecule has 4 aliphatic heterocycles. The molecule has 2 bridgehead atoms. The van der Waals surface area contributed by atoms with Gasteiger partial charge in [-0.2, -0.15) is 10.2 Å². The molecule has 3 aromatic heterocycles. The number of ether oxygens (including phenoxy) is 1. The van der Waals surface area contributed by atoms with Crippen LogP contribution in [-0.4, -0.2) is 64.6 Å². The van der Waals surface area contributed by atoms with Crippen molar-refractivity contribution in [2.75, 3.05) is 39.5 Å². The fourth-order valence-electron chi connectivity index (χ4n) is 3.64. The second-order valence-corrected chi connectivity index (χ2v) is 7.89. The minimum absolute atomic E-state index is 0.750. The van der Waals surface area contributed by atoms with Gasteiger partial charge in [0.25, 0.3) is 0 Å². The second kappa shape index (κ2) is 16.4. The lowest BCUT2D eigenvalue weighted by Crippen LogP contribution is -2.41. The SMILES string of the molecule is C1CN2CCC1CC2.C1COCN1.c1ccc2occc2c1.c1ccnnc1.c1cnccn1. The topological polar surface area (TPSA) is 89.2 Å². The zero-order valence-corrected chi connectivity index (χ0v) is 19.6. The quantitative estimate of drug-likeness (QED) is 0.419. The van der Waals surface area contributed by atoms with Crippen molar-refractivity contribution in [3.63, 3.8) is 0 Å². The predicted octanol–water partition coefficient (Wildman–Crippen LogP) is 4.05. The van der Waals surface area contributed by atoms with Crippen LogP contribution in [0.1, 0.15) is 19.3 Å². The molecule has 8 nitrogen and oxygen atoms in total. The predicted molar refractivity (Wildman–Crippen MR) is 133 cm³/mol. The third kappa shape index (κ3) is 10.6. The Bertz CT molecular complexity index is 828. The Morgan fingerprint density at radius 3 is 1.76 bits per heavy atom. The zero-order chi connectivity index (χ0) is 23.5. The molecule has 180 valence electrons. The maximum absolute atomic E-state index is 5.12. The minimum atomic E-state index is 0.750. The standard InChI is InChI=1S/C8H6O.C7H13N.2C4H4N2.C3H7NO/c1-2-4-8-7(3-1)5-6-9-8;1-4-8-5-2-7(1)3-6-8;1-2-6-4-3-5-1;1-2-4-6-5-3-1;1-2-5-3-4-1/h1-6H;7H,1-6H2;2*1-4H;4H,1-3H2. The summed E-state index contributed by atoms with van der Waals surface area (Å²) in [6.07, 6.45) is 16.0. The number of hydrogen-bond donors (Lipinski definition) is 1. The number of nitrogens with one attached hydrogen (secondary N) is 1. The monoisotopic (exact) mass is 462 g/mol. The normalized spacial score (nSPS) is 19.6. The minimum Gasteiger partial charge on any atom is -0.464 e. The fraction of sp³-hybridized carbons (Fsp3) is 0.385. The van der Waals surface area contributed by atoms with Gasteiger partial charge in [0.15, 0.2) is 0 Å². The average Bonchev–Trinajstić information content (AvgIpc) is 3.69. The smallest absolute Gasteiger partial charge is 0.133 e. The first kappa shape index (κ1) is 25.4. The van der Waals surface area contributed by atoms with Crippen LogP contribution in [0.15, 0.2) is 90.3 Å². The molecule has 4 saturated heterocycles. The van der Waals surface area contributed by atoms with Gasteiger partial charge in [-0.05, 0) is 69.1 Å². The summed E-state index contributed by atoms with van der Waals surface area (Å²) in [5.74, 6) is 1.11. The van der Waals surface area contributed by atoms with E-state index in [4.69, 9.17) is 9.15 Å². The number of fused-ring (bicyclic) bond motifs is 4. The van der Waals surface area contributed by atoms with Gasteiger partial charge >= 0.3 is 0 Å². The molecule has 1 N–H and O–H groups in total. The summed E-state index contributed by atoms with van der Waals surface area (Å²) in [7, 11) is 0. The first-order valence-corrected chi connectivity index (χ1v) is 11.8. The third-order valence-electron chi connectivity index (χ3n) is 5.51. The van der Waals surface area contributed by atoms with Crippen LogP contribution in [0.5, 0.6) is 0 Å². The van der Waals surface area contributed by atoms with Gasteiger partial charge in [0.05, 0.1) is 19.6 Å². The molecule has 8 rings (SSSR count). The lowest BCUT2D eigenvalue weighted by molar-refractivity contribution is 0.111. The molecule has 34 heavy (non-hydrogen) atoms. The Hall–Kier alpha value is -3.20. The van der Waals surface area contributed by atoms with Gasteiger partial charge in [-0.25, -0.2) is 0 Å². The van der Waals surface area contributed by atoms with Crippen molar-refractivity contribution < 1.29 is 9.15 Å². The van der Waals surface area contributed by atoms with Crippen LogP contribution in [0.4, 0.5) is 0 Å². The van der Waals surface area contributed by atoms with Crippen molar-refractivity contribution in [3.8, 4) is 0 Å². The molecule has 4 aromatic rings. The summed E-state index contributed by atoms with van der Waals surface area (Å²) in [6.45, 7) is 6.85. The first-order valence-electron chi connectivity index (χ1n) is 11.8. The van der Waals surface area contributed by atoms with Gasteiger partial charge in [0.1, 0.15) is 5.58 Å². The maximum atomic E-state index is 5.12. The van der Waals surface area contributed by atoms with Crippen LogP contribution >= 0.6 is 0 Å². The van der Waals surface area contributed by atoms with E-state index in [0.717, 1.165) is 36.8 Å². The van der Waals surface area contributed by atoms with Crippen molar-refractivity contribution in [1.82, 2.24) is 30.4 Å². The van der Waals surface area contributed by atoms with Gasteiger partial charge in [-0.15, -0.1) is 0 Å². The molecule has 4 fully saturated rings. The number of rotatable bonds is 0. The highest BCUT2D eigenvalue weighted by Gasteiger charge is 2.24. The Kier molecular flexibility index (Phi) is 12.3. The third-order valence-corrected chi connectivity index (χ3v) is 5.51. The van der Waals surface area contributed by atoms with Crippen molar-refractivity contribution in [1.29, 1.82) is 0 Å². The van der Waals surface area contributed by atoms with E-state index in [1.807, 2.05) is 42.5 Å². The van der Waals surface area contributed by atoms with Gasteiger partial charge in [-0.3, -0.25) is 15.3 Å². The zero-order valence-electron chi connectivity index (χ0n) is 19.6.